The van der Waals surface area contributed by atoms with Crippen LogP contribution in [-0.2, 0) is 0 Å². The first-order chi connectivity index (χ1) is 7.11. The monoisotopic (exact) mass is 204 g/mol. The van der Waals surface area contributed by atoms with E-state index in [-0.39, 0.29) is 12.1 Å². The van der Waals surface area contributed by atoms with Crippen LogP contribution in [0.2, 0.25) is 0 Å². The summed E-state index contributed by atoms with van der Waals surface area (Å²) in [5.74, 6) is 0.496. The summed E-state index contributed by atoms with van der Waals surface area (Å²) in [6.07, 6.45) is 0.0902. The fourth-order valence-corrected chi connectivity index (χ4v) is 1.98. The number of para-hydroxylation sites is 1. The molecule has 1 N–H and O–H groups in total. The number of fused-ring (bicyclic) bond motifs is 1. The van der Waals surface area contributed by atoms with Crippen LogP contribution < -0.4 is 5.32 Å². The summed E-state index contributed by atoms with van der Waals surface area (Å²) in [4.78, 5) is 13.8. The number of rotatable bonds is 1. The van der Waals surface area contributed by atoms with Gasteiger partial charge >= 0.3 is 0 Å². The molecule has 1 aliphatic heterocycles. The van der Waals surface area contributed by atoms with E-state index in [9.17, 15) is 4.79 Å². The van der Waals surface area contributed by atoms with Crippen molar-refractivity contribution in [2.45, 2.75) is 20.0 Å². The van der Waals surface area contributed by atoms with Crippen LogP contribution in [0.1, 0.15) is 24.2 Å². The van der Waals surface area contributed by atoms with Crippen molar-refractivity contribution in [2.75, 3.05) is 12.4 Å². The zero-order chi connectivity index (χ0) is 11.0. The number of nitrogens with one attached hydrogen (secondary N) is 1. The molecule has 0 aromatic heterocycles. The number of carbonyl (C=O) groups is 1. The van der Waals surface area contributed by atoms with E-state index < -0.39 is 0 Å². The summed E-state index contributed by atoms with van der Waals surface area (Å²) in [6, 6.07) is 7.65. The highest BCUT2D eigenvalue weighted by Gasteiger charge is 2.30. The SMILES string of the molecule is CC(C)C1Nc2ccccc2C(=O)N1C. The van der Waals surface area contributed by atoms with E-state index >= 15 is 0 Å². The van der Waals surface area contributed by atoms with Gasteiger partial charge in [-0.25, -0.2) is 0 Å². The highest BCUT2D eigenvalue weighted by Crippen LogP contribution is 2.26. The smallest absolute Gasteiger partial charge is 0.257 e. The Labute approximate surface area is 90.1 Å². The molecular weight excluding hydrogens is 188 g/mol. The van der Waals surface area contributed by atoms with Gasteiger partial charge in [0.15, 0.2) is 0 Å². The molecule has 1 aromatic rings. The Kier molecular flexibility index (Phi) is 2.39. The summed E-state index contributed by atoms with van der Waals surface area (Å²) >= 11 is 0. The van der Waals surface area contributed by atoms with Crippen LogP contribution >= 0.6 is 0 Å². The third-order valence-corrected chi connectivity index (χ3v) is 2.83. The second-order valence-electron chi connectivity index (χ2n) is 4.29. The number of amides is 1. The Morgan fingerprint density at radius 1 is 1.33 bits per heavy atom. The van der Waals surface area contributed by atoms with Gasteiger partial charge in [-0.2, -0.15) is 0 Å². The maximum absolute atomic E-state index is 12.0. The molecule has 0 radical (unpaired) electrons. The third-order valence-electron chi connectivity index (χ3n) is 2.83. The van der Waals surface area contributed by atoms with Crippen LogP contribution in [-0.4, -0.2) is 24.0 Å². The van der Waals surface area contributed by atoms with Gasteiger partial charge in [0, 0.05) is 12.7 Å². The van der Waals surface area contributed by atoms with E-state index in [1.54, 1.807) is 4.90 Å². The second-order valence-corrected chi connectivity index (χ2v) is 4.29. The molecule has 1 atom stereocenters. The Hall–Kier alpha value is -1.51. The highest BCUT2D eigenvalue weighted by atomic mass is 16.2. The van der Waals surface area contributed by atoms with Gasteiger partial charge in [-0.3, -0.25) is 4.79 Å². The minimum atomic E-state index is 0.0902. The molecule has 0 aliphatic carbocycles. The van der Waals surface area contributed by atoms with E-state index in [1.165, 1.54) is 0 Å². The molecule has 2 rings (SSSR count). The van der Waals surface area contributed by atoms with Crippen molar-refractivity contribution in [3.8, 4) is 0 Å². The second kappa shape index (κ2) is 3.57. The van der Waals surface area contributed by atoms with Crippen LogP contribution in [0.5, 0.6) is 0 Å². The Morgan fingerprint density at radius 2 is 2.00 bits per heavy atom. The average molecular weight is 204 g/mol. The summed E-state index contributed by atoms with van der Waals surface area (Å²) in [7, 11) is 1.84. The zero-order valence-electron chi connectivity index (χ0n) is 9.32. The Morgan fingerprint density at radius 3 is 2.67 bits per heavy atom. The van der Waals surface area contributed by atoms with Crippen LogP contribution in [0.15, 0.2) is 24.3 Å². The van der Waals surface area contributed by atoms with Crippen molar-refractivity contribution in [1.29, 1.82) is 0 Å². The molecular formula is C12H16N2O. The molecule has 1 aromatic carbocycles. The standard InChI is InChI=1S/C12H16N2O/c1-8(2)11-13-10-7-5-4-6-9(10)12(15)14(11)3/h4-8,11,13H,1-3H3. The van der Waals surface area contributed by atoms with E-state index in [0.29, 0.717) is 5.92 Å². The largest absolute Gasteiger partial charge is 0.364 e. The number of anilines is 1. The predicted octanol–water partition coefficient (Wildman–Crippen LogP) is 2.17. The number of benzene rings is 1. The lowest BCUT2D eigenvalue weighted by Crippen LogP contribution is -2.49. The topological polar surface area (TPSA) is 32.3 Å². The minimum absolute atomic E-state index is 0.0902. The van der Waals surface area contributed by atoms with Crippen LogP contribution in [0, 0.1) is 5.92 Å². The lowest BCUT2D eigenvalue weighted by Gasteiger charge is -2.37. The van der Waals surface area contributed by atoms with E-state index in [4.69, 9.17) is 0 Å². The molecule has 0 bridgehead atoms. The van der Waals surface area contributed by atoms with Gasteiger partial charge in [-0.15, -0.1) is 0 Å². The van der Waals surface area contributed by atoms with Gasteiger partial charge in [-0.1, -0.05) is 26.0 Å². The normalized spacial score (nSPS) is 20.1. The molecule has 0 spiro atoms. The van der Waals surface area contributed by atoms with Crippen molar-refractivity contribution in [3.63, 3.8) is 0 Å². The zero-order valence-corrected chi connectivity index (χ0v) is 9.32. The maximum Gasteiger partial charge on any atom is 0.257 e. The van der Waals surface area contributed by atoms with E-state index in [2.05, 4.69) is 19.2 Å². The van der Waals surface area contributed by atoms with Crippen LogP contribution in [0.4, 0.5) is 5.69 Å². The molecule has 3 heteroatoms. The molecule has 1 amide bonds. The molecule has 0 fully saturated rings. The van der Waals surface area contributed by atoms with Crippen molar-refractivity contribution < 1.29 is 4.79 Å². The number of hydrogen-bond acceptors (Lipinski definition) is 2. The van der Waals surface area contributed by atoms with Crippen molar-refractivity contribution in [2.24, 2.45) is 5.92 Å². The van der Waals surface area contributed by atoms with Crippen LogP contribution in [0.3, 0.4) is 0 Å². The lowest BCUT2D eigenvalue weighted by atomic mass is 10.0. The fourth-order valence-electron chi connectivity index (χ4n) is 1.98. The van der Waals surface area contributed by atoms with E-state index in [1.807, 2.05) is 31.3 Å². The molecule has 0 saturated heterocycles. The molecule has 1 unspecified atom stereocenters. The average Bonchev–Trinajstić information content (AvgIpc) is 2.23. The predicted molar refractivity (Wildman–Crippen MR) is 60.8 cm³/mol. The number of carbonyl (C=O) groups excluding carboxylic acids is 1. The fraction of sp³-hybridized carbons (Fsp3) is 0.417. The first-order valence-corrected chi connectivity index (χ1v) is 5.24. The quantitative estimate of drug-likeness (QED) is 0.760. The molecule has 3 nitrogen and oxygen atoms in total. The number of nitrogens with zero attached hydrogens (tertiary/aromatic N) is 1. The minimum Gasteiger partial charge on any atom is -0.364 e. The van der Waals surface area contributed by atoms with Crippen molar-refractivity contribution in [3.05, 3.63) is 29.8 Å². The molecule has 1 heterocycles. The molecule has 15 heavy (non-hydrogen) atoms. The van der Waals surface area contributed by atoms with Crippen LogP contribution in [0.25, 0.3) is 0 Å². The maximum atomic E-state index is 12.0. The van der Waals surface area contributed by atoms with Gasteiger partial charge in [0.1, 0.15) is 6.17 Å². The third kappa shape index (κ3) is 1.58. The van der Waals surface area contributed by atoms with E-state index in [0.717, 1.165) is 11.3 Å². The highest BCUT2D eigenvalue weighted by molar-refractivity contribution is 6.01. The number of hydrogen-bond donors (Lipinski definition) is 1. The summed E-state index contributed by atoms with van der Waals surface area (Å²) < 4.78 is 0. The molecule has 0 saturated carbocycles. The summed E-state index contributed by atoms with van der Waals surface area (Å²) in [6.45, 7) is 4.21. The van der Waals surface area contributed by atoms with Crippen molar-refractivity contribution in [1.82, 2.24) is 4.90 Å². The van der Waals surface area contributed by atoms with Gasteiger partial charge in [-0.05, 0) is 18.1 Å². The molecule has 1 aliphatic rings. The van der Waals surface area contributed by atoms with Gasteiger partial charge in [0.2, 0.25) is 0 Å². The Balaban J connectivity index is 2.41. The first-order valence-electron chi connectivity index (χ1n) is 5.24. The Bertz CT molecular complexity index is 387. The first kappa shape index (κ1) is 10.0. The van der Waals surface area contributed by atoms with Gasteiger partial charge < -0.3 is 10.2 Å². The van der Waals surface area contributed by atoms with Gasteiger partial charge in [0.05, 0.1) is 5.56 Å². The summed E-state index contributed by atoms with van der Waals surface area (Å²) in [5.41, 5.74) is 1.70. The van der Waals surface area contributed by atoms with Crippen molar-refractivity contribution >= 4 is 11.6 Å². The van der Waals surface area contributed by atoms with Gasteiger partial charge in [0.25, 0.3) is 5.91 Å². The lowest BCUT2D eigenvalue weighted by molar-refractivity contribution is 0.0700. The summed E-state index contributed by atoms with van der Waals surface area (Å²) in [5, 5.41) is 3.38. The molecule has 80 valence electrons.